The Kier molecular flexibility index (Phi) is 11.7. The maximum Gasteiger partial charge on any atom is 0.224 e. The molecule has 0 unspecified atom stereocenters. The normalized spacial score (nSPS) is 10.8. The number of rotatable bonds is 8. The van der Waals surface area contributed by atoms with E-state index in [1.54, 1.807) is 30.9 Å². The summed E-state index contributed by atoms with van der Waals surface area (Å²) in [5.74, 6) is 0.281. The molecule has 1 amide bonds. The molecular weight excluding hydrogens is 502 g/mol. The van der Waals surface area contributed by atoms with Crippen LogP contribution in [-0.4, -0.2) is 38.3 Å². The fourth-order valence-electron chi connectivity index (χ4n) is 2.63. The molecule has 0 bridgehead atoms. The van der Waals surface area contributed by atoms with Crippen LogP contribution in [0.1, 0.15) is 16.7 Å². The summed E-state index contributed by atoms with van der Waals surface area (Å²) >= 11 is 1.73. The van der Waals surface area contributed by atoms with E-state index in [9.17, 15) is 9.18 Å². The average Bonchev–Trinajstić information content (AvgIpc) is 2.69. The Bertz CT molecular complexity index is 815. The highest BCUT2D eigenvalue weighted by molar-refractivity contribution is 14.0. The van der Waals surface area contributed by atoms with Crippen LogP contribution in [0.2, 0.25) is 0 Å². The van der Waals surface area contributed by atoms with Gasteiger partial charge in [0.05, 0.1) is 6.42 Å². The van der Waals surface area contributed by atoms with Gasteiger partial charge in [0.2, 0.25) is 5.91 Å². The highest BCUT2D eigenvalue weighted by atomic mass is 127. The second kappa shape index (κ2) is 13.4. The first-order chi connectivity index (χ1) is 13.5. The molecule has 2 aromatic carbocycles. The van der Waals surface area contributed by atoms with Crippen molar-refractivity contribution in [2.45, 2.75) is 24.8 Å². The lowest BCUT2D eigenvalue weighted by atomic mass is 10.1. The smallest absolute Gasteiger partial charge is 0.224 e. The van der Waals surface area contributed by atoms with Crippen molar-refractivity contribution in [2.24, 2.45) is 4.99 Å². The number of carbonyl (C=O) groups excluding carboxylic acids is 1. The summed E-state index contributed by atoms with van der Waals surface area (Å²) in [5.41, 5.74) is 3.24. The number of amides is 1. The Hall–Kier alpha value is -1.81. The molecule has 0 fully saturated rings. The molecule has 0 radical (unpaired) electrons. The molecule has 0 aliphatic rings. The van der Waals surface area contributed by atoms with Crippen molar-refractivity contribution in [3.8, 4) is 0 Å². The van der Waals surface area contributed by atoms with E-state index >= 15 is 0 Å². The summed E-state index contributed by atoms with van der Waals surface area (Å²) in [4.78, 5) is 17.4. The Morgan fingerprint density at radius 2 is 1.76 bits per heavy atom. The molecule has 158 valence electrons. The fraction of sp³-hybridized carbons (Fsp3) is 0.333. The molecule has 5 nitrogen and oxygen atoms in total. The van der Waals surface area contributed by atoms with Crippen molar-refractivity contribution in [1.82, 2.24) is 16.0 Å². The monoisotopic (exact) mass is 530 g/mol. The van der Waals surface area contributed by atoms with Gasteiger partial charge in [-0.05, 0) is 48.1 Å². The van der Waals surface area contributed by atoms with Crippen LogP contribution >= 0.6 is 35.7 Å². The highest BCUT2D eigenvalue weighted by Crippen LogP contribution is 2.21. The Morgan fingerprint density at radius 3 is 2.41 bits per heavy atom. The zero-order valence-corrected chi connectivity index (χ0v) is 20.1. The number of thioether (sulfide) groups is 1. The van der Waals surface area contributed by atoms with Crippen molar-refractivity contribution in [3.05, 3.63) is 65.0 Å². The Morgan fingerprint density at radius 1 is 1.07 bits per heavy atom. The SMILES string of the molecule is CN=C(NCCNC(=O)Cc1ccc(F)cc1)NCc1ccc(C)cc1SC.I. The molecule has 0 saturated carbocycles. The molecule has 8 heteroatoms. The van der Waals surface area contributed by atoms with Gasteiger partial charge in [0.25, 0.3) is 0 Å². The molecule has 0 saturated heterocycles. The molecule has 3 N–H and O–H groups in total. The number of carbonyl (C=O) groups is 1. The van der Waals surface area contributed by atoms with E-state index in [4.69, 9.17) is 0 Å². The molecule has 0 aliphatic carbocycles. The van der Waals surface area contributed by atoms with Crippen molar-refractivity contribution >= 4 is 47.6 Å². The second-order valence-electron chi connectivity index (χ2n) is 6.32. The predicted octanol–water partition coefficient (Wildman–Crippen LogP) is 3.50. The number of hydrogen-bond acceptors (Lipinski definition) is 3. The van der Waals surface area contributed by atoms with Crippen LogP contribution in [0.25, 0.3) is 0 Å². The van der Waals surface area contributed by atoms with Crippen LogP contribution < -0.4 is 16.0 Å². The van der Waals surface area contributed by atoms with Crippen LogP contribution in [0.15, 0.2) is 52.4 Å². The summed E-state index contributed by atoms with van der Waals surface area (Å²) in [6.45, 7) is 3.79. The number of halogens is 2. The van der Waals surface area contributed by atoms with E-state index in [1.165, 1.54) is 28.2 Å². The van der Waals surface area contributed by atoms with Crippen LogP contribution in [0, 0.1) is 12.7 Å². The van der Waals surface area contributed by atoms with Crippen LogP contribution in [0.3, 0.4) is 0 Å². The standard InChI is InChI=1S/C21H27FN4OS.HI/c1-15-4-7-17(19(12-15)28-3)14-26-21(23-2)25-11-10-24-20(27)13-16-5-8-18(22)9-6-16;/h4-9,12H,10-11,13-14H2,1-3H3,(H,24,27)(H2,23,25,26);1H. The van der Waals surface area contributed by atoms with Gasteiger partial charge in [0, 0.05) is 31.6 Å². The van der Waals surface area contributed by atoms with E-state index in [2.05, 4.69) is 52.3 Å². The molecule has 2 aromatic rings. The lowest BCUT2D eigenvalue weighted by Crippen LogP contribution is -2.41. The van der Waals surface area contributed by atoms with E-state index in [-0.39, 0.29) is 42.1 Å². The van der Waals surface area contributed by atoms with Gasteiger partial charge in [-0.2, -0.15) is 0 Å². The maximum atomic E-state index is 12.9. The molecule has 0 spiro atoms. The largest absolute Gasteiger partial charge is 0.355 e. The third kappa shape index (κ3) is 9.03. The van der Waals surface area contributed by atoms with Crippen LogP contribution in [0.4, 0.5) is 4.39 Å². The first-order valence-corrected chi connectivity index (χ1v) is 10.3. The van der Waals surface area contributed by atoms with Gasteiger partial charge in [0.1, 0.15) is 5.82 Å². The van der Waals surface area contributed by atoms with E-state index in [0.29, 0.717) is 25.6 Å². The molecule has 29 heavy (non-hydrogen) atoms. The zero-order chi connectivity index (χ0) is 20.4. The minimum Gasteiger partial charge on any atom is -0.355 e. The van der Waals surface area contributed by atoms with E-state index in [0.717, 1.165) is 5.56 Å². The molecular formula is C21H28FIN4OS. The summed E-state index contributed by atoms with van der Waals surface area (Å²) in [6, 6.07) is 12.3. The number of guanidine groups is 1. The van der Waals surface area contributed by atoms with Gasteiger partial charge in [-0.25, -0.2) is 4.39 Å². The van der Waals surface area contributed by atoms with Crippen molar-refractivity contribution in [3.63, 3.8) is 0 Å². The Balaban J connectivity index is 0.00000420. The van der Waals surface area contributed by atoms with E-state index in [1.807, 2.05) is 0 Å². The summed E-state index contributed by atoms with van der Waals surface area (Å²) in [6.07, 6.45) is 2.30. The zero-order valence-electron chi connectivity index (χ0n) is 16.9. The quantitative estimate of drug-likeness (QED) is 0.161. The fourth-order valence-corrected chi connectivity index (χ4v) is 3.34. The van der Waals surface area contributed by atoms with Gasteiger partial charge in [0.15, 0.2) is 5.96 Å². The molecule has 2 rings (SSSR count). The van der Waals surface area contributed by atoms with Gasteiger partial charge in [-0.3, -0.25) is 9.79 Å². The van der Waals surface area contributed by atoms with Gasteiger partial charge < -0.3 is 16.0 Å². The number of nitrogens with zero attached hydrogens (tertiary/aromatic N) is 1. The molecule has 0 aliphatic heterocycles. The minimum atomic E-state index is -0.303. The number of aliphatic imine (C=N–C) groups is 1. The number of aryl methyl sites for hydroxylation is 1. The first-order valence-electron chi connectivity index (χ1n) is 9.11. The van der Waals surface area contributed by atoms with Crippen molar-refractivity contribution in [1.29, 1.82) is 0 Å². The topological polar surface area (TPSA) is 65.5 Å². The molecule has 0 atom stereocenters. The van der Waals surface area contributed by atoms with Crippen LogP contribution in [-0.2, 0) is 17.8 Å². The van der Waals surface area contributed by atoms with Crippen LogP contribution in [0.5, 0.6) is 0 Å². The number of hydrogen-bond donors (Lipinski definition) is 3. The maximum absolute atomic E-state index is 12.9. The minimum absolute atomic E-state index is 0. The number of nitrogens with one attached hydrogen (secondary N) is 3. The first kappa shape index (κ1) is 25.2. The predicted molar refractivity (Wildman–Crippen MR) is 130 cm³/mol. The van der Waals surface area contributed by atoms with Gasteiger partial charge >= 0.3 is 0 Å². The summed E-state index contributed by atoms with van der Waals surface area (Å²) in [7, 11) is 1.72. The third-order valence-electron chi connectivity index (χ3n) is 4.13. The lowest BCUT2D eigenvalue weighted by Gasteiger charge is -2.14. The Labute approximate surface area is 193 Å². The van der Waals surface area contributed by atoms with Crippen molar-refractivity contribution < 1.29 is 9.18 Å². The molecule has 0 heterocycles. The van der Waals surface area contributed by atoms with E-state index < -0.39 is 0 Å². The highest BCUT2D eigenvalue weighted by Gasteiger charge is 2.05. The average molecular weight is 530 g/mol. The van der Waals surface area contributed by atoms with Gasteiger partial charge in [-0.1, -0.05) is 24.3 Å². The summed E-state index contributed by atoms with van der Waals surface area (Å²) in [5, 5.41) is 9.32. The number of benzene rings is 2. The third-order valence-corrected chi connectivity index (χ3v) is 4.95. The van der Waals surface area contributed by atoms with Crippen molar-refractivity contribution in [2.75, 3.05) is 26.4 Å². The lowest BCUT2D eigenvalue weighted by molar-refractivity contribution is -0.120. The second-order valence-corrected chi connectivity index (χ2v) is 7.17. The molecule has 0 aromatic heterocycles. The van der Waals surface area contributed by atoms with Gasteiger partial charge in [-0.15, -0.1) is 35.7 Å². The summed E-state index contributed by atoms with van der Waals surface area (Å²) < 4.78 is 12.9.